The van der Waals surface area contributed by atoms with Gasteiger partial charge < -0.3 is 9.40 Å². The van der Waals surface area contributed by atoms with Gasteiger partial charge in [-0.05, 0) is 38.0 Å². The fraction of sp³-hybridized carbons (Fsp3) is 0.227. The first-order valence-electron chi connectivity index (χ1n) is 9.22. The first-order valence-corrected chi connectivity index (χ1v) is 10.2. The van der Waals surface area contributed by atoms with Crippen LogP contribution in [0, 0.1) is 13.8 Å². The SMILES string of the molecule is CCc1cccc2c(C(=O)CSc3nnc(-c4cc(C)cc(C)c4)o3)c[nH]c12. The van der Waals surface area contributed by atoms with E-state index in [0.717, 1.165) is 34.0 Å². The molecule has 0 spiro atoms. The normalized spacial score (nSPS) is 11.2. The number of benzene rings is 2. The van der Waals surface area contributed by atoms with Crippen molar-refractivity contribution in [2.45, 2.75) is 32.4 Å². The Hall–Kier alpha value is -2.86. The van der Waals surface area contributed by atoms with Crippen LogP contribution in [-0.2, 0) is 6.42 Å². The summed E-state index contributed by atoms with van der Waals surface area (Å²) in [6.07, 6.45) is 2.71. The number of thioether (sulfide) groups is 1. The molecule has 0 saturated carbocycles. The van der Waals surface area contributed by atoms with E-state index in [-0.39, 0.29) is 11.5 Å². The van der Waals surface area contributed by atoms with Gasteiger partial charge in [0.1, 0.15) is 0 Å². The van der Waals surface area contributed by atoms with Crippen molar-refractivity contribution in [3.05, 3.63) is 64.8 Å². The molecule has 0 bridgehead atoms. The number of aromatic amines is 1. The maximum atomic E-state index is 12.7. The summed E-state index contributed by atoms with van der Waals surface area (Å²) in [5.74, 6) is 0.759. The summed E-state index contributed by atoms with van der Waals surface area (Å²) in [5.41, 5.74) is 6.12. The van der Waals surface area contributed by atoms with Crippen LogP contribution in [0.4, 0.5) is 0 Å². The van der Waals surface area contributed by atoms with Gasteiger partial charge in [0.2, 0.25) is 5.89 Å². The van der Waals surface area contributed by atoms with Crippen molar-refractivity contribution in [2.24, 2.45) is 0 Å². The highest BCUT2D eigenvalue weighted by Gasteiger charge is 2.16. The largest absolute Gasteiger partial charge is 0.411 e. The lowest BCUT2D eigenvalue weighted by Crippen LogP contribution is -2.01. The van der Waals surface area contributed by atoms with Gasteiger partial charge in [0, 0.05) is 28.2 Å². The van der Waals surface area contributed by atoms with Crippen LogP contribution in [0.1, 0.15) is 34.0 Å². The smallest absolute Gasteiger partial charge is 0.277 e. The molecule has 0 aliphatic carbocycles. The molecule has 0 unspecified atom stereocenters. The first kappa shape index (κ1) is 18.5. The second-order valence-corrected chi connectivity index (χ2v) is 7.78. The Kier molecular flexibility index (Phi) is 5.05. The van der Waals surface area contributed by atoms with Gasteiger partial charge in [-0.25, -0.2) is 0 Å². The standard InChI is InChI=1S/C22H21N3O2S/c1-4-15-6-5-7-17-18(11-23-20(15)17)19(26)12-28-22-25-24-21(27-22)16-9-13(2)8-14(3)10-16/h5-11,23H,4,12H2,1-3H3. The van der Waals surface area contributed by atoms with Crippen molar-refractivity contribution in [3.63, 3.8) is 0 Å². The lowest BCUT2D eigenvalue weighted by molar-refractivity contribution is 0.102. The van der Waals surface area contributed by atoms with E-state index in [2.05, 4.69) is 34.2 Å². The predicted molar refractivity (Wildman–Crippen MR) is 112 cm³/mol. The fourth-order valence-electron chi connectivity index (χ4n) is 3.43. The fourth-order valence-corrected chi connectivity index (χ4v) is 4.08. The van der Waals surface area contributed by atoms with E-state index in [1.807, 2.05) is 38.1 Å². The zero-order chi connectivity index (χ0) is 19.7. The number of aromatic nitrogens is 3. The summed E-state index contributed by atoms with van der Waals surface area (Å²) in [6.45, 7) is 6.18. The third kappa shape index (κ3) is 3.60. The number of carbonyl (C=O) groups excluding carboxylic acids is 1. The van der Waals surface area contributed by atoms with Crippen molar-refractivity contribution < 1.29 is 9.21 Å². The first-order chi connectivity index (χ1) is 13.5. The van der Waals surface area contributed by atoms with Gasteiger partial charge in [-0.3, -0.25) is 4.79 Å². The number of hydrogen-bond donors (Lipinski definition) is 1. The number of para-hydroxylation sites is 1. The number of ketones is 1. The maximum absolute atomic E-state index is 12.7. The molecule has 0 aliphatic heterocycles. The van der Waals surface area contributed by atoms with Gasteiger partial charge in [-0.2, -0.15) is 0 Å². The van der Waals surface area contributed by atoms with Crippen LogP contribution in [0.15, 0.2) is 52.2 Å². The highest BCUT2D eigenvalue weighted by molar-refractivity contribution is 7.99. The lowest BCUT2D eigenvalue weighted by Gasteiger charge is -2.01. The molecular weight excluding hydrogens is 370 g/mol. The third-order valence-electron chi connectivity index (χ3n) is 4.68. The Morgan fingerprint density at radius 2 is 1.93 bits per heavy atom. The molecule has 0 amide bonds. The quantitative estimate of drug-likeness (QED) is 0.353. The van der Waals surface area contributed by atoms with Crippen LogP contribution in [-0.4, -0.2) is 26.7 Å². The van der Waals surface area contributed by atoms with E-state index in [4.69, 9.17) is 4.42 Å². The Morgan fingerprint density at radius 1 is 1.14 bits per heavy atom. The van der Waals surface area contributed by atoms with Gasteiger partial charge in [0.25, 0.3) is 5.22 Å². The highest BCUT2D eigenvalue weighted by Crippen LogP contribution is 2.27. The molecule has 4 aromatic rings. The molecule has 0 fully saturated rings. The second kappa shape index (κ2) is 7.64. The minimum Gasteiger partial charge on any atom is -0.411 e. The van der Waals surface area contributed by atoms with Crippen LogP contribution in [0.25, 0.3) is 22.4 Å². The molecule has 6 heteroatoms. The summed E-state index contributed by atoms with van der Waals surface area (Å²) in [7, 11) is 0. The molecule has 1 N–H and O–H groups in total. The molecule has 0 atom stereocenters. The number of fused-ring (bicyclic) bond motifs is 1. The number of nitrogens with one attached hydrogen (secondary N) is 1. The molecule has 0 radical (unpaired) electrons. The van der Waals surface area contributed by atoms with E-state index in [1.54, 1.807) is 6.20 Å². The van der Waals surface area contributed by atoms with Crippen molar-refractivity contribution in [1.82, 2.24) is 15.2 Å². The molecule has 2 aromatic heterocycles. The van der Waals surface area contributed by atoms with Crippen molar-refractivity contribution in [1.29, 1.82) is 0 Å². The maximum Gasteiger partial charge on any atom is 0.277 e. The van der Waals surface area contributed by atoms with Gasteiger partial charge >= 0.3 is 0 Å². The molecule has 0 aliphatic rings. The second-order valence-electron chi connectivity index (χ2n) is 6.86. The van der Waals surface area contributed by atoms with Crippen molar-refractivity contribution in [3.8, 4) is 11.5 Å². The topological polar surface area (TPSA) is 71.8 Å². The zero-order valence-electron chi connectivity index (χ0n) is 16.1. The van der Waals surface area contributed by atoms with E-state index >= 15 is 0 Å². The molecule has 2 aromatic carbocycles. The molecule has 142 valence electrons. The van der Waals surface area contributed by atoms with E-state index in [0.29, 0.717) is 16.7 Å². The highest BCUT2D eigenvalue weighted by atomic mass is 32.2. The zero-order valence-corrected chi connectivity index (χ0v) is 16.9. The Labute approximate surface area is 167 Å². The predicted octanol–water partition coefficient (Wildman–Crippen LogP) is 5.37. The Balaban J connectivity index is 1.49. The monoisotopic (exact) mass is 391 g/mol. The number of H-pyrrole nitrogens is 1. The van der Waals surface area contributed by atoms with Gasteiger partial charge in [0.15, 0.2) is 5.78 Å². The average Bonchev–Trinajstić information content (AvgIpc) is 3.32. The third-order valence-corrected chi connectivity index (χ3v) is 5.50. The molecule has 28 heavy (non-hydrogen) atoms. The summed E-state index contributed by atoms with van der Waals surface area (Å²) < 4.78 is 5.75. The molecule has 4 rings (SSSR count). The number of rotatable bonds is 6. The van der Waals surface area contributed by atoms with E-state index in [1.165, 1.54) is 17.3 Å². The summed E-state index contributed by atoms with van der Waals surface area (Å²) >= 11 is 1.27. The average molecular weight is 391 g/mol. The van der Waals surface area contributed by atoms with Crippen LogP contribution in [0.3, 0.4) is 0 Å². The molecule has 5 nitrogen and oxygen atoms in total. The molecule has 0 saturated heterocycles. The number of hydrogen-bond acceptors (Lipinski definition) is 5. The van der Waals surface area contributed by atoms with Crippen LogP contribution in [0.5, 0.6) is 0 Å². The van der Waals surface area contributed by atoms with Crippen LogP contribution in [0.2, 0.25) is 0 Å². The Bertz CT molecular complexity index is 1140. The van der Waals surface area contributed by atoms with Gasteiger partial charge in [0.05, 0.1) is 5.75 Å². The Morgan fingerprint density at radius 3 is 2.68 bits per heavy atom. The number of nitrogens with zero attached hydrogens (tertiary/aromatic N) is 2. The minimum atomic E-state index is 0.0376. The van der Waals surface area contributed by atoms with Crippen molar-refractivity contribution in [2.75, 3.05) is 5.75 Å². The minimum absolute atomic E-state index is 0.0376. The number of Topliss-reactive ketones (excluding diaryl/α,β-unsaturated/α-hetero) is 1. The summed E-state index contributed by atoms with van der Waals surface area (Å²) in [5, 5.41) is 9.57. The van der Waals surface area contributed by atoms with Crippen LogP contribution < -0.4 is 0 Å². The van der Waals surface area contributed by atoms with Gasteiger partial charge in [-0.1, -0.05) is 54.1 Å². The summed E-state index contributed by atoms with van der Waals surface area (Å²) in [6, 6.07) is 12.2. The van der Waals surface area contributed by atoms with Gasteiger partial charge in [-0.15, -0.1) is 10.2 Å². The molecular formula is C22H21N3O2S. The number of aryl methyl sites for hydroxylation is 3. The van der Waals surface area contributed by atoms with Crippen molar-refractivity contribution >= 4 is 28.4 Å². The lowest BCUT2D eigenvalue weighted by atomic mass is 10.1. The summed E-state index contributed by atoms with van der Waals surface area (Å²) in [4.78, 5) is 16.0. The number of carbonyl (C=O) groups is 1. The van der Waals surface area contributed by atoms with E-state index < -0.39 is 0 Å². The molecule has 2 heterocycles. The van der Waals surface area contributed by atoms with Crippen LogP contribution >= 0.6 is 11.8 Å². The van der Waals surface area contributed by atoms with E-state index in [9.17, 15) is 4.79 Å².